The van der Waals surface area contributed by atoms with Crippen molar-refractivity contribution < 1.29 is 4.79 Å². The van der Waals surface area contributed by atoms with Gasteiger partial charge in [-0.15, -0.1) is 21.5 Å². The van der Waals surface area contributed by atoms with Crippen molar-refractivity contribution in [2.75, 3.05) is 25.4 Å². The molecule has 1 fully saturated rings. The molecular formula is C16H23N5OS2. The lowest BCUT2D eigenvalue weighted by Gasteiger charge is -2.25. The minimum atomic E-state index is -0.301. The smallest absolute Gasteiger partial charge is 0.219 e. The highest BCUT2D eigenvalue weighted by Gasteiger charge is 2.16. The van der Waals surface area contributed by atoms with Crippen molar-refractivity contribution in [3.8, 4) is 10.7 Å². The molecular weight excluding hydrogens is 342 g/mol. The predicted molar refractivity (Wildman–Crippen MR) is 98.2 cm³/mol. The van der Waals surface area contributed by atoms with Crippen LogP contribution in [-0.2, 0) is 11.3 Å². The summed E-state index contributed by atoms with van der Waals surface area (Å²) < 4.78 is 2.03. The highest BCUT2D eigenvalue weighted by molar-refractivity contribution is 7.99. The number of nitrogens with two attached hydrogens (primary N) is 1. The summed E-state index contributed by atoms with van der Waals surface area (Å²) in [6.07, 6.45) is 4.27. The van der Waals surface area contributed by atoms with E-state index in [0.717, 1.165) is 28.2 Å². The van der Waals surface area contributed by atoms with Gasteiger partial charge < -0.3 is 15.2 Å². The summed E-state index contributed by atoms with van der Waals surface area (Å²) in [6.45, 7) is 4.01. The van der Waals surface area contributed by atoms with E-state index in [1.165, 1.54) is 32.4 Å². The average molecular weight is 366 g/mol. The van der Waals surface area contributed by atoms with E-state index in [-0.39, 0.29) is 5.91 Å². The summed E-state index contributed by atoms with van der Waals surface area (Å²) in [5.41, 5.74) is 5.32. The lowest BCUT2D eigenvalue weighted by molar-refractivity contribution is -0.118. The molecule has 0 unspecified atom stereocenters. The number of carbonyl (C=O) groups excluding carboxylic acids is 1. The number of hydrogen-bond donors (Lipinski definition) is 1. The van der Waals surface area contributed by atoms with E-state index in [0.29, 0.717) is 13.0 Å². The van der Waals surface area contributed by atoms with Gasteiger partial charge in [0.1, 0.15) is 0 Å². The van der Waals surface area contributed by atoms with Crippen LogP contribution in [0.5, 0.6) is 0 Å². The highest BCUT2D eigenvalue weighted by Crippen LogP contribution is 2.27. The van der Waals surface area contributed by atoms with E-state index in [1.54, 1.807) is 23.1 Å². The van der Waals surface area contributed by atoms with Crippen LogP contribution in [0.4, 0.5) is 0 Å². The number of carbonyl (C=O) groups is 1. The second-order valence-corrected chi connectivity index (χ2v) is 7.91. The summed E-state index contributed by atoms with van der Waals surface area (Å²) in [5, 5.41) is 11.6. The van der Waals surface area contributed by atoms with Crippen molar-refractivity contribution in [2.24, 2.45) is 5.73 Å². The van der Waals surface area contributed by atoms with Gasteiger partial charge in [0.05, 0.1) is 4.88 Å². The van der Waals surface area contributed by atoms with Gasteiger partial charge in [-0.25, -0.2) is 0 Å². The summed E-state index contributed by atoms with van der Waals surface area (Å²) >= 11 is 3.34. The third-order valence-electron chi connectivity index (χ3n) is 4.13. The van der Waals surface area contributed by atoms with Gasteiger partial charge in [0.2, 0.25) is 5.91 Å². The number of thiophene rings is 1. The molecule has 6 nitrogen and oxygen atoms in total. The Morgan fingerprint density at radius 1 is 1.25 bits per heavy atom. The van der Waals surface area contributed by atoms with Gasteiger partial charge in [0, 0.05) is 25.3 Å². The number of primary amides is 1. The fourth-order valence-electron chi connectivity index (χ4n) is 2.86. The lowest BCUT2D eigenvalue weighted by Crippen LogP contribution is -2.31. The number of aromatic nitrogens is 3. The highest BCUT2D eigenvalue weighted by atomic mass is 32.2. The van der Waals surface area contributed by atoms with Crippen molar-refractivity contribution in [3.63, 3.8) is 0 Å². The number of piperidine rings is 1. The fourth-order valence-corrected chi connectivity index (χ4v) is 4.54. The molecule has 1 saturated heterocycles. The van der Waals surface area contributed by atoms with Gasteiger partial charge in [-0.3, -0.25) is 4.79 Å². The number of hydrogen-bond acceptors (Lipinski definition) is 6. The molecule has 0 bridgehead atoms. The second-order valence-electron chi connectivity index (χ2n) is 5.90. The summed E-state index contributed by atoms with van der Waals surface area (Å²) in [6, 6.07) is 4.02. The van der Waals surface area contributed by atoms with E-state index >= 15 is 0 Å². The topological polar surface area (TPSA) is 77.0 Å². The number of rotatable bonds is 8. The lowest BCUT2D eigenvalue weighted by atomic mass is 10.1. The largest absolute Gasteiger partial charge is 0.370 e. The number of likely N-dealkylation sites (tertiary alicyclic amines) is 1. The van der Waals surface area contributed by atoms with Crippen molar-refractivity contribution in [1.29, 1.82) is 0 Å². The van der Waals surface area contributed by atoms with Crippen molar-refractivity contribution >= 4 is 29.0 Å². The first-order valence-electron chi connectivity index (χ1n) is 8.34. The minimum Gasteiger partial charge on any atom is -0.370 e. The zero-order valence-corrected chi connectivity index (χ0v) is 15.3. The maximum atomic E-state index is 11.2. The molecule has 0 aliphatic carbocycles. The Kier molecular flexibility index (Phi) is 6.28. The molecule has 0 radical (unpaired) electrons. The number of thioether (sulfide) groups is 1. The van der Waals surface area contributed by atoms with Gasteiger partial charge >= 0.3 is 0 Å². The molecule has 1 aliphatic heterocycles. The first-order valence-corrected chi connectivity index (χ1v) is 10.2. The molecule has 130 valence electrons. The average Bonchev–Trinajstić information content (AvgIpc) is 3.23. The Hall–Kier alpha value is -1.38. The van der Waals surface area contributed by atoms with Crippen LogP contribution in [0.25, 0.3) is 10.7 Å². The van der Waals surface area contributed by atoms with Crippen molar-refractivity contribution in [3.05, 3.63) is 17.5 Å². The molecule has 3 rings (SSSR count). The monoisotopic (exact) mass is 365 g/mol. The molecule has 2 aromatic heterocycles. The predicted octanol–water partition coefficient (Wildman–Crippen LogP) is 2.46. The molecule has 0 atom stereocenters. The van der Waals surface area contributed by atoms with Crippen LogP contribution in [0.3, 0.4) is 0 Å². The molecule has 8 heteroatoms. The Morgan fingerprint density at radius 2 is 2.08 bits per heavy atom. The third-order valence-corrected chi connectivity index (χ3v) is 5.94. The first-order chi connectivity index (χ1) is 11.7. The van der Waals surface area contributed by atoms with Crippen LogP contribution in [0, 0.1) is 0 Å². The second kappa shape index (κ2) is 8.64. The molecule has 0 spiro atoms. The molecule has 1 aliphatic rings. The summed E-state index contributed by atoms with van der Waals surface area (Å²) in [5.74, 6) is 1.51. The van der Waals surface area contributed by atoms with Crippen LogP contribution < -0.4 is 5.73 Å². The van der Waals surface area contributed by atoms with E-state index in [2.05, 4.69) is 15.1 Å². The zero-order valence-electron chi connectivity index (χ0n) is 13.7. The molecule has 0 aromatic carbocycles. The van der Waals surface area contributed by atoms with Crippen molar-refractivity contribution in [1.82, 2.24) is 19.7 Å². The summed E-state index contributed by atoms with van der Waals surface area (Å²) in [4.78, 5) is 14.8. The molecule has 2 N–H and O–H groups in total. The van der Waals surface area contributed by atoms with E-state index in [4.69, 9.17) is 5.73 Å². The third kappa shape index (κ3) is 4.58. The SMILES string of the molecule is NC(=O)CCn1c(SCCN2CCCCC2)nnc1-c1cccs1. The van der Waals surface area contributed by atoms with Gasteiger partial charge in [-0.1, -0.05) is 24.2 Å². The molecule has 1 amide bonds. The first kappa shape index (κ1) is 17.4. The summed E-state index contributed by atoms with van der Waals surface area (Å²) in [7, 11) is 0. The number of nitrogens with zero attached hydrogens (tertiary/aromatic N) is 4. The quantitative estimate of drug-likeness (QED) is 0.727. The van der Waals surface area contributed by atoms with Crippen LogP contribution in [-0.4, -0.2) is 51.0 Å². The molecule has 3 heterocycles. The van der Waals surface area contributed by atoms with Crippen molar-refractivity contribution in [2.45, 2.75) is 37.4 Å². The fraction of sp³-hybridized carbons (Fsp3) is 0.562. The molecule has 0 saturated carbocycles. The van der Waals surface area contributed by atoms with E-state index in [1.807, 2.05) is 22.1 Å². The Balaban J connectivity index is 1.65. The normalized spacial score (nSPS) is 15.7. The van der Waals surface area contributed by atoms with Crippen LogP contribution in [0.1, 0.15) is 25.7 Å². The Morgan fingerprint density at radius 3 is 2.79 bits per heavy atom. The van der Waals surface area contributed by atoms with E-state index in [9.17, 15) is 4.79 Å². The van der Waals surface area contributed by atoms with Gasteiger partial charge in [-0.05, 0) is 37.4 Å². The standard InChI is InChI=1S/C16H23N5OS2/c17-14(22)6-9-21-15(13-5-4-11-23-13)18-19-16(21)24-12-10-20-7-2-1-3-8-20/h4-5,11H,1-3,6-10,12H2,(H2,17,22). The van der Waals surface area contributed by atoms with Crippen LogP contribution in [0.2, 0.25) is 0 Å². The van der Waals surface area contributed by atoms with Gasteiger partial charge in [-0.2, -0.15) is 0 Å². The molecule has 2 aromatic rings. The zero-order chi connectivity index (χ0) is 16.8. The van der Waals surface area contributed by atoms with Gasteiger partial charge in [0.15, 0.2) is 11.0 Å². The number of amides is 1. The maximum absolute atomic E-state index is 11.2. The minimum absolute atomic E-state index is 0.301. The van der Waals surface area contributed by atoms with Crippen LogP contribution >= 0.6 is 23.1 Å². The van der Waals surface area contributed by atoms with Crippen LogP contribution in [0.15, 0.2) is 22.7 Å². The van der Waals surface area contributed by atoms with E-state index < -0.39 is 0 Å². The maximum Gasteiger partial charge on any atom is 0.219 e. The molecule has 24 heavy (non-hydrogen) atoms. The van der Waals surface area contributed by atoms with Gasteiger partial charge in [0.25, 0.3) is 0 Å². The Bertz CT molecular complexity index is 649. The Labute approximate surface area is 150 Å².